The van der Waals surface area contributed by atoms with Gasteiger partial charge in [0.1, 0.15) is 5.82 Å². The molecule has 1 aromatic carbocycles. The summed E-state index contributed by atoms with van der Waals surface area (Å²) in [4.78, 5) is 16.0. The first-order valence-corrected chi connectivity index (χ1v) is 6.69. The molecule has 0 unspecified atom stereocenters. The number of piperazine rings is 1. The lowest BCUT2D eigenvalue weighted by Gasteiger charge is -2.30. The molecule has 0 atom stereocenters. The third-order valence-electron chi connectivity index (χ3n) is 3.37. The number of hydrogen-bond acceptors (Lipinski definition) is 3. The summed E-state index contributed by atoms with van der Waals surface area (Å²) >= 11 is 0. The number of halogens is 1. The summed E-state index contributed by atoms with van der Waals surface area (Å²) in [5.41, 5.74) is 0.882. The Labute approximate surface area is 113 Å². The standard InChI is InChI=1S/C14H20FN3O/c1-2-17(13-5-3-12(15)4-6-13)11-14(19)18-9-7-16-8-10-18/h3-6,16H,2,7-11H2,1H3. The molecule has 1 N–H and O–H groups in total. The van der Waals surface area contributed by atoms with Gasteiger partial charge in [0.25, 0.3) is 0 Å². The number of likely N-dealkylation sites (N-methyl/N-ethyl adjacent to an activating group) is 1. The van der Waals surface area contributed by atoms with Gasteiger partial charge in [0.05, 0.1) is 6.54 Å². The Bertz CT molecular complexity index is 415. The number of hydrogen-bond donors (Lipinski definition) is 1. The normalized spacial score (nSPS) is 15.4. The smallest absolute Gasteiger partial charge is 0.242 e. The number of anilines is 1. The molecule has 4 nitrogen and oxygen atoms in total. The largest absolute Gasteiger partial charge is 0.362 e. The van der Waals surface area contributed by atoms with Crippen LogP contribution in [0.4, 0.5) is 10.1 Å². The van der Waals surface area contributed by atoms with Crippen LogP contribution in [0, 0.1) is 5.82 Å². The quantitative estimate of drug-likeness (QED) is 0.885. The first-order valence-electron chi connectivity index (χ1n) is 6.69. The van der Waals surface area contributed by atoms with Gasteiger partial charge in [0, 0.05) is 38.4 Å². The fourth-order valence-corrected chi connectivity index (χ4v) is 2.22. The van der Waals surface area contributed by atoms with E-state index in [-0.39, 0.29) is 11.7 Å². The van der Waals surface area contributed by atoms with E-state index in [1.807, 2.05) is 16.7 Å². The van der Waals surface area contributed by atoms with Gasteiger partial charge in [-0.3, -0.25) is 4.79 Å². The minimum atomic E-state index is -0.256. The molecule has 1 saturated heterocycles. The van der Waals surface area contributed by atoms with Crippen molar-refractivity contribution in [3.8, 4) is 0 Å². The highest BCUT2D eigenvalue weighted by atomic mass is 19.1. The van der Waals surface area contributed by atoms with E-state index >= 15 is 0 Å². The number of carbonyl (C=O) groups is 1. The molecular weight excluding hydrogens is 245 g/mol. The molecule has 0 aliphatic carbocycles. The van der Waals surface area contributed by atoms with E-state index in [1.54, 1.807) is 12.1 Å². The molecule has 104 valence electrons. The molecule has 5 heteroatoms. The number of nitrogens with one attached hydrogen (secondary N) is 1. The maximum Gasteiger partial charge on any atom is 0.242 e. The molecule has 1 aliphatic rings. The van der Waals surface area contributed by atoms with Gasteiger partial charge in [-0.2, -0.15) is 0 Å². The van der Waals surface area contributed by atoms with Crippen LogP contribution in [0.3, 0.4) is 0 Å². The molecule has 1 aliphatic heterocycles. The number of carbonyl (C=O) groups excluding carboxylic acids is 1. The van der Waals surface area contributed by atoms with Gasteiger partial charge in [-0.25, -0.2) is 4.39 Å². The monoisotopic (exact) mass is 265 g/mol. The first kappa shape index (κ1) is 13.8. The van der Waals surface area contributed by atoms with Crippen molar-refractivity contribution >= 4 is 11.6 Å². The summed E-state index contributed by atoms with van der Waals surface area (Å²) in [5, 5.41) is 3.23. The number of benzene rings is 1. The molecule has 1 heterocycles. The van der Waals surface area contributed by atoms with E-state index in [0.29, 0.717) is 6.54 Å². The third kappa shape index (κ3) is 3.67. The molecule has 19 heavy (non-hydrogen) atoms. The second-order valence-corrected chi connectivity index (χ2v) is 4.62. The van der Waals surface area contributed by atoms with E-state index in [0.717, 1.165) is 38.4 Å². The SMILES string of the molecule is CCN(CC(=O)N1CCNCC1)c1ccc(F)cc1. The van der Waals surface area contributed by atoms with Crippen molar-refractivity contribution in [3.63, 3.8) is 0 Å². The van der Waals surface area contributed by atoms with E-state index < -0.39 is 0 Å². The molecule has 1 aromatic rings. The van der Waals surface area contributed by atoms with Crippen LogP contribution >= 0.6 is 0 Å². The fourth-order valence-electron chi connectivity index (χ4n) is 2.22. The molecular formula is C14H20FN3O. The van der Waals surface area contributed by atoms with Gasteiger partial charge >= 0.3 is 0 Å². The second-order valence-electron chi connectivity index (χ2n) is 4.62. The lowest BCUT2D eigenvalue weighted by molar-refractivity contribution is -0.130. The topological polar surface area (TPSA) is 35.6 Å². The molecule has 0 bridgehead atoms. The zero-order valence-electron chi connectivity index (χ0n) is 11.2. The van der Waals surface area contributed by atoms with E-state index in [9.17, 15) is 9.18 Å². The first-order chi connectivity index (χ1) is 9.20. The number of nitrogens with zero attached hydrogens (tertiary/aromatic N) is 2. The highest BCUT2D eigenvalue weighted by molar-refractivity contribution is 5.81. The van der Waals surface area contributed by atoms with Crippen LogP contribution in [0.15, 0.2) is 24.3 Å². The van der Waals surface area contributed by atoms with E-state index in [2.05, 4.69) is 5.32 Å². The van der Waals surface area contributed by atoms with Crippen LogP contribution in [0.2, 0.25) is 0 Å². The lowest BCUT2D eigenvalue weighted by atomic mass is 10.2. The third-order valence-corrected chi connectivity index (χ3v) is 3.37. The highest BCUT2D eigenvalue weighted by Gasteiger charge is 2.18. The van der Waals surface area contributed by atoms with Crippen molar-refractivity contribution in [1.82, 2.24) is 10.2 Å². The minimum absolute atomic E-state index is 0.132. The van der Waals surface area contributed by atoms with Crippen molar-refractivity contribution in [2.24, 2.45) is 0 Å². The van der Waals surface area contributed by atoms with Crippen molar-refractivity contribution in [2.75, 3.05) is 44.2 Å². The van der Waals surface area contributed by atoms with Crippen LogP contribution in [0.5, 0.6) is 0 Å². The maximum atomic E-state index is 12.9. The summed E-state index contributed by atoms with van der Waals surface area (Å²) in [7, 11) is 0. The summed E-state index contributed by atoms with van der Waals surface area (Å²) in [6, 6.07) is 6.27. The van der Waals surface area contributed by atoms with Crippen LogP contribution in [-0.2, 0) is 4.79 Å². The predicted octanol–water partition coefficient (Wildman–Crippen LogP) is 1.08. The van der Waals surface area contributed by atoms with Crippen molar-refractivity contribution in [3.05, 3.63) is 30.1 Å². The molecule has 0 saturated carbocycles. The van der Waals surface area contributed by atoms with E-state index in [4.69, 9.17) is 0 Å². The Balaban J connectivity index is 1.98. The van der Waals surface area contributed by atoms with Crippen LogP contribution in [0.25, 0.3) is 0 Å². The van der Waals surface area contributed by atoms with Gasteiger partial charge in [-0.15, -0.1) is 0 Å². The Kier molecular flexibility index (Phi) is 4.74. The lowest BCUT2D eigenvalue weighted by Crippen LogP contribution is -2.49. The van der Waals surface area contributed by atoms with Gasteiger partial charge in [-0.1, -0.05) is 0 Å². The van der Waals surface area contributed by atoms with Crippen molar-refractivity contribution < 1.29 is 9.18 Å². The van der Waals surface area contributed by atoms with Gasteiger partial charge < -0.3 is 15.1 Å². The Hall–Kier alpha value is -1.62. The fraction of sp³-hybridized carbons (Fsp3) is 0.500. The van der Waals surface area contributed by atoms with Crippen molar-refractivity contribution in [2.45, 2.75) is 6.92 Å². The number of amides is 1. The molecule has 0 radical (unpaired) electrons. The molecule has 0 aromatic heterocycles. The van der Waals surface area contributed by atoms with Gasteiger partial charge in [0.2, 0.25) is 5.91 Å². The summed E-state index contributed by atoms with van der Waals surface area (Å²) in [6.07, 6.45) is 0. The maximum absolute atomic E-state index is 12.9. The summed E-state index contributed by atoms with van der Waals surface area (Å²) < 4.78 is 12.9. The Morgan fingerprint density at radius 2 is 1.95 bits per heavy atom. The van der Waals surface area contributed by atoms with Crippen LogP contribution in [0.1, 0.15) is 6.92 Å². The van der Waals surface area contributed by atoms with Gasteiger partial charge in [-0.05, 0) is 31.2 Å². The van der Waals surface area contributed by atoms with Gasteiger partial charge in [0.15, 0.2) is 0 Å². The molecule has 0 spiro atoms. The zero-order valence-corrected chi connectivity index (χ0v) is 11.2. The highest BCUT2D eigenvalue weighted by Crippen LogP contribution is 2.14. The van der Waals surface area contributed by atoms with Crippen molar-refractivity contribution in [1.29, 1.82) is 0 Å². The predicted molar refractivity (Wildman–Crippen MR) is 73.7 cm³/mol. The summed E-state index contributed by atoms with van der Waals surface area (Å²) in [6.45, 7) is 6.31. The number of rotatable bonds is 4. The average Bonchev–Trinajstić information content (AvgIpc) is 2.46. The molecule has 2 rings (SSSR count). The van der Waals surface area contributed by atoms with Crippen LogP contribution in [-0.4, -0.2) is 50.1 Å². The second kappa shape index (κ2) is 6.52. The Morgan fingerprint density at radius 3 is 2.53 bits per heavy atom. The summed E-state index contributed by atoms with van der Waals surface area (Å²) in [5.74, 6) is -0.124. The Morgan fingerprint density at radius 1 is 1.32 bits per heavy atom. The average molecular weight is 265 g/mol. The molecule has 1 fully saturated rings. The zero-order chi connectivity index (χ0) is 13.7. The molecule has 1 amide bonds. The minimum Gasteiger partial charge on any atom is -0.362 e. The van der Waals surface area contributed by atoms with Crippen LogP contribution < -0.4 is 10.2 Å². The van der Waals surface area contributed by atoms with E-state index in [1.165, 1.54) is 12.1 Å².